The zero-order chi connectivity index (χ0) is 10.9. The molecule has 0 unspecified atom stereocenters. The maximum Gasteiger partial charge on any atom is 0.316 e. The van der Waals surface area contributed by atoms with E-state index in [9.17, 15) is 4.79 Å². The van der Waals surface area contributed by atoms with E-state index in [0.29, 0.717) is 0 Å². The molecular weight excluding hydrogens is 226 g/mol. The molecule has 4 heteroatoms. The van der Waals surface area contributed by atoms with Crippen molar-refractivity contribution in [3.63, 3.8) is 0 Å². The molecule has 0 heterocycles. The Labute approximate surface area is 101 Å². The summed E-state index contributed by atoms with van der Waals surface area (Å²) in [7, 11) is 1.44. The first kappa shape index (κ1) is 12.8. The van der Waals surface area contributed by atoms with Gasteiger partial charge in [-0.15, -0.1) is 12.4 Å². The van der Waals surface area contributed by atoms with Crippen LogP contribution in [0.1, 0.15) is 24.8 Å². The van der Waals surface area contributed by atoms with E-state index in [4.69, 9.17) is 10.5 Å². The number of anilines is 1. The van der Waals surface area contributed by atoms with Gasteiger partial charge in [0.05, 0.1) is 12.5 Å². The van der Waals surface area contributed by atoms with Crippen LogP contribution in [0.3, 0.4) is 0 Å². The standard InChI is InChI=1S/C12H15NO2.ClH/c1-15-11(14)12(7-2-8-12)9-3-5-10(13)6-4-9;/h3-6H,2,7-8,13H2,1H3;1H. The summed E-state index contributed by atoms with van der Waals surface area (Å²) in [5.74, 6) is -0.126. The highest BCUT2D eigenvalue weighted by atomic mass is 35.5. The van der Waals surface area contributed by atoms with Crippen LogP contribution in [0.25, 0.3) is 0 Å². The molecule has 0 atom stereocenters. The number of benzene rings is 1. The summed E-state index contributed by atoms with van der Waals surface area (Å²) >= 11 is 0. The molecule has 3 nitrogen and oxygen atoms in total. The number of hydrogen-bond acceptors (Lipinski definition) is 3. The number of halogens is 1. The van der Waals surface area contributed by atoms with Crippen molar-refractivity contribution in [2.24, 2.45) is 0 Å². The van der Waals surface area contributed by atoms with Crippen LogP contribution in [0.5, 0.6) is 0 Å². The summed E-state index contributed by atoms with van der Waals surface area (Å²) < 4.78 is 4.87. The fourth-order valence-electron chi connectivity index (χ4n) is 2.14. The molecule has 0 radical (unpaired) electrons. The molecule has 1 fully saturated rings. The first-order chi connectivity index (χ1) is 7.19. The number of nitrogen functional groups attached to an aromatic ring is 1. The van der Waals surface area contributed by atoms with Crippen LogP contribution < -0.4 is 5.73 Å². The van der Waals surface area contributed by atoms with Crippen LogP contribution >= 0.6 is 12.4 Å². The number of esters is 1. The Bertz CT molecular complexity index is 371. The third-order valence-corrected chi connectivity index (χ3v) is 3.25. The van der Waals surface area contributed by atoms with Crippen LogP contribution in [-0.2, 0) is 14.9 Å². The van der Waals surface area contributed by atoms with Crippen LogP contribution in [0.4, 0.5) is 5.69 Å². The average Bonchev–Trinajstić information content (AvgIpc) is 2.19. The van der Waals surface area contributed by atoms with E-state index >= 15 is 0 Å². The summed E-state index contributed by atoms with van der Waals surface area (Å²) in [6.45, 7) is 0. The summed E-state index contributed by atoms with van der Waals surface area (Å²) in [5, 5.41) is 0. The largest absolute Gasteiger partial charge is 0.468 e. The van der Waals surface area contributed by atoms with E-state index in [2.05, 4.69) is 0 Å². The molecule has 1 aromatic carbocycles. The summed E-state index contributed by atoms with van der Waals surface area (Å²) in [5.41, 5.74) is 6.96. The van der Waals surface area contributed by atoms with Crippen molar-refractivity contribution in [1.82, 2.24) is 0 Å². The summed E-state index contributed by atoms with van der Waals surface area (Å²) in [4.78, 5) is 11.7. The van der Waals surface area contributed by atoms with E-state index in [0.717, 1.165) is 30.5 Å². The van der Waals surface area contributed by atoms with E-state index < -0.39 is 5.41 Å². The van der Waals surface area contributed by atoms with E-state index in [-0.39, 0.29) is 18.4 Å². The third-order valence-electron chi connectivity index (χ3n) is 3.25. The van der Waals surface area contributed by atoms with Crippen molar-refractivity contribution in [1.29, 1.82) is 0 Å². The lowest BCUT2D eigenvalue weighted by molar-refractivity contribution is -0.151. The minimum absolute atomic E-state index is 0. The third kappa shape index (κ3) is 1.87. The maximum absolute atomic E-state index is 11.7. The first-order valence-electron chi connectivity index (χ1n) is 5.13. The number of rotatable bonds is 2. The normalized spacial score (nSPS) is 16.8. The van der Waals surface area contributed by atoms with Gasteiger partial charge >= 0.3 is 5.97 Å². The Kier molecular flexibility index (Phi) is 3.81. The molecule has 2 N–H and O–H groups in total. The Morgan fingerprint density at radius 3 is 2.25 bits per heavy atom. The summed E-state index contributed by atoms with van der Waals surface area (Å²) in [6, 6.07) is 7.51. The smallest absolute Gasteiger partial charge is 0.316 e. The van der Waals surface area contributed by atoms with Crippen molar-refractivity contribution in [3.05, 3.63) is 29.8 Å². The van der Waals surface area contributed by atoms with Gasteiger partial charge in [-0.05, 0) is 30.5 Å². The lowest BCUT2D eigenvalue weighted by atomic mass is 9.64. The van der Waals surface area contributed by atoms with Gasteiger partial charge in [-0.3, -0.25) is 4.79 Å². The minimum Gasteiger partial charge on any atom is -0.468 e. The van der Waals surface area contributed by atoms with Gasteiger partial charge in [0.25, 0.3) is 0 Å². The van der Waals surface area contributed by atoms with E-state index in [1.165, 1.54) is 7.11 Å². The predicted octanol–water partition coefficient (Wildman–Crippen LogP) is 2.29. The number of ether oxygens (including phenoxy) is 1. The predicted molar refractivity (Wildman–Crippen MR) is 65.6 cm³/mol. The molecule has 0 amide bonds. The highest BCUT2D eigenvalue weighted by Gasteiger charge is 2.46. The number of carbonyl (C=O) groups is 1. The molecule has 88 valence electrons. The molecule has 0 aliphatic heterocycles. The van der Waals surface area contributed by atoms with Crippen LogP contribution in [0.15, 0.2) is 24.3 Å². The van der Waals surface area contributed by atoms with E-state index in [1.807, 2.05) is 24.3 Å². The van der Waals surface area contributed by atoms with Gasteiger partial charge in [-0.2, -0.15) is 0 Å². The maximum atomic E-state index is 11.7. The fraction of sp³-hybridized carbons (Fsp3) is 0.417. The molecule has 1 aliphatic rings. The van der Waals surface area contributed by atoms with Gasteiger partial charge in [-0.1, -0.05) is 18.6 Å². The number of hydrogen-bond donors (Lipinski definition) is 1. The van der Waals surface area contributed by atoms with Crippen molar-refractivity contribution in [2.75, 3.05) is 12.8 Å². The second-order valence-corrected chi connectivity index (χ2v) is 4.05. The number of methoxy groups -OCH3 is 1. The van der Waals surface area contributed by atoms with Gasteiger partial charge in [0.15, 0.2) is 0 Å². The molecule has 1 aromatic rings. The average molecular weight is 242 g/mol. The van der Waals surface area contributed by atoms with Gasteiger partial charge < -0.3 is 10.5 Å². The van der Waals surface area contributed by atoms with Gasteiger partial charge in [0.1, 0.15) is 0 Å². The SMILES string of the molecule is COC(=O)C1(c2ccc(N)cc2)CCC1.Cl. The van der Waals surface area contributed by atoms with Crippen molar-refractivity contribution in [3.8, 4) is 0 Å². The molecule has 0 saturated heterocycles. The zero-order valence-electron chi connectivity index (χ0n) is 9.23. The lowest BCUT2D eigenvalue weighted by Gasteiger charge is -2.39. The van der Waals surface area contributed by atoms with Crippen molar-refractivity contribution < 1.29 is 9.53 Å². The van der Waals surface area contributed by atoms with Crippen LogP contribution in [0.2, 0.25) is 0 Å². The second-order valence-electron chi connectivity index (χ2n) is 4.05. The molecule has 0 aromatic heterocycles. The molecule has 1 aliphatic carbocycles. The van der Waals surface area contributed by atoms with Gasteiger partial charge in [0.2, 0.25) is 0 Å². The first-order valence-corrected chi connectivity index (χ1v) is 5.13. The van der Waals surface area contributed by atoms with Crippen LogP contribution in [-0.4, -0.2) is 13.1 Å². The molecular formula is C12H16ClNO2. The Hall–Kier alpha value is -1.22. The quantitative estimate of drug-likeness (QED) is 0.639. The zero-order valence-corrected chi connectivity index (χ0v) is 10.0. The Morgan fingerprint density at radius 1 is 1.31 bits per heavy atom. The molecule has 2 rings (SSSR count). The number of nitrogens with two attached hydrogens (primary N) is 1. The monoisotopic (exact) mass is 241 g/mol. The second kappa shape index (κ2) is 4.74. The molecule has 0 bridgehead atoms. The number of carbonyl (C=O) groups excluding carboxylic acids is 1. The van der Waals surface area contributed by atoms with Crippen molar-refractivity contribution >= 4 is 24.1 Å². The molecule has 1 saturated carbocycles. The molecule has 0 spiro atoms. The topological polar surface area (TPSA) is 52.3 Å². The van der Waals surface area contributed by atoms with Gasteiger partial charge in [0, 0.05) is 5.69 Å². The van der Waals surface area contributed by atoms with Crippen molar-refractivity contribution in [2.45, 2.75) is 24.7 Å². The van der Waals surface area contributed by atoms with Gasteiger partial charge in [-0.25, -0.2) is 0 Å². The van der Waals surface area contributed by atoms with E-state index in [1.54, 1.807) is 0 Å². The summed E-state index contributed by atoms with van der Waals surface area (Å²) in [6.07, 6.45) is 2.84. The highest BCUT2D eigenvalue weighted by molar-refractivity contribution is 5.85. The fourth-order valence-corrected chi connectivity index (χ4v) is 2.14. The Balaban J connectivity index is 0.00000128. The highest BCUT2D eigenvalue weighted by Crippen LogP contribution is 2.44. The minimum atomic E-state index is -0.400. The lowest BCUT2D eigenvalue weighted by Crippen LogP contribution is -2.43. The molecule has 16 heavy (non-hydrogen) atoms. The Morgan fingerprint density at radius 2 is 1.88 bits per heavy atom. The van der Waals surface area contributed by atoms with Crippen LogP contribution in [0, 0.1) is 0 Å².